The second-order valence-corrected chi connectivity index (χ2v) is 8.41. The van der Waals surface area contributed by atoms with Gasteiger partial charge in [0, 0.05) is 12.2 Å². The van der Waals surface area contributed by atoms with E-state index >= 15 is 0 Å². The van der Waals surface area contributed by atoms with Gasteiger partial charge in [-0.25, -0.2) is 0 Å². The third kappa shape index (κ3) is 5.44. The van der Waals surface area contributed by atoms with E-state index in [-0.39, 0.29) is 18.2 Å². The zero-order chi connectivity index (χ0) is 24.8. The molecule has 0 spiro atoms. The van der Waals surface area contributed by atoms with Gasteiger partial charge >= 0.3 is 0 Å². The Bertz CT molecular complexity index is 1200. The van der Waals surface area contributed by atoms with Crippen molar-refractivity contribution in [3.63, 3.8) is 0 Å². The molecule has 7 nitrogen and oxygen atoms in total. The van der Waals surface area contributed by atoms with Crippen molar-refractivity contribution >= 4 is 40.5 Å². The Morgan fingerprint density at radius 2 is 1.63 bits per heavy atom. The van der Waals surface area contributed by atoms with Crippen LogP contribution in [0.4, 0.5) is 11.4 Å². The monoisotopic (exact) mass is 489 g/mol. The molecule has 0 aromatic heterocycles. The zero-order valence-corrected chi connectivity index (χ0v) is 20.5. The molecule has 1 fully saturated rings. The molecule has 1 unspecified atom stereocenters. The van der Waals surface area contributed by atoms with Crippen molar-refractivity contribution in [2.45, 2.75) is 18.9 Å². The minimum atomic E-state index is -0.712. The average Bonchev–Trinajstić information content (AvgIpc) is 3.12. The van der Waals surface area contributed by atoms with Crippen LogP contribution in [-0.4, -0.2) is 48.6 Å². The maximum absolute atomic E-state index is 13.5. The van der Waals surface area contributed by atoms with Crippen LogP contribution in [-0.2, 0) is 16.0 Å². The second kappa shape index (κ2) is 11.0. The highest BCUT2D eigenvalue weighted by atomic mass is 32.1. The smallest absolute Gasteiger partial charge is 0.256 e. The molecule has 1 N–H and O–H groups in total. The lowest BCUT2D eigenvalue weighted by Crippen LogP contribution is -2.39. The maximum Gasteiger partial charge on any atom is 0.256 e. The van der Waals surface area contributed by atoms with Gasteiger partial charge in [0.15, 0.2) is 5.11 Å². The van der Waals surface area contributed by atoms with Crippen molar-refractivity contribution < 1.29 is 19.1 Å². The Morgan fingerprint density at radius 3 is 2.31 bits per heavy atom. The summed E-state index contributed by atoms with van der Waals surface area (Å²) in [5.74, 6) is 0.984. The van der Waals surface area contributed by atoms with Crippen molar-refractivity contribution in [1.29, 1.82) is 0 Å². The number of anilines is 2. The minimum Gasteiger partial charge on any atom is -0.497 e. The summed E-state index contributed by atoms with van der Waals surface area (Å²) in [5, 5.41) is 3.25. The molecule has 1 aliphatic rings. The van der Waals surface area contributed by atoms with E-state index in [0.717, 1.165) is 11.3 Å². The number of nitrogens with zero attached hydrogens (tertiary/aromatic N) is 2. The first-order valence-electron chi connectivity index (χ1n) is 11.3. The van der Waals surface area contributed by atoms with E-state index in [1.165, 1.54) is 4.90 Å². The number of hydrogen-bond donors (Lipinski definition) is 1. The molecule has 1 atom stereocenters. The van der Waals surface area contributed by atoms with E-state index in [4.69, 9.17) is 21.7 Å². The van der Waals surface area contributed by atoms with Gasteiger partial charge in [0.25, 0.3) is 5.91 Å². The Morgan fingerprint density at radius 1 is 0.943 bits per heavy atom. The van der Waals surface area contributed by atoms with E-state index in [2.05, 4.69) is 5.32 Å². The number of ether oxygens (including phenoxy) is 2. The van der Waals surface area contributed by atoms with Crippen molar-refractivity contribution in [3.8, 4) is 11.5 Å². The van der Waals surface area contributed by atoms with Gasteiger partial charge in [-0.1, -0.05) is 36.4 Å². The molecule has 0 radical (unpaired) electrons. The van der Waals surface area contributed by atoms with Gasteiger partial charge in [0.05, 0.1) is 26.3 Å². The lowest BCUT2D eigenvalue weighted by atomic mass is 10.1. The molecule has 8 heteroatoms. The molecule has 35 heavy (non-hydrogen) atoms. The first kappa shape index (κ1) is 24.2. The topological polar surface area (TPSA) is 71.1 Å². The van der Waals surface area contributed by atoms with Crippen LogP contribution in [0.25, 0.3) is 0 Å². The van der Waals surface area contributed by atoms with Gasteiger partial charge < -0.3 is 19.7 Å². The summed E-state index contributed by atoms with van der Waals surface area (Å²) >= 11 is 5.74. The lowest BCUT2D eigenvalue weighted by molar-refractivity contribution is -0.124. The number of carbonyl (C=O) groups is 2. The molecule has 3 aromatic carbocycles. The first-order chi connectivity index (χ1) is 17.0. The van der Waals surface area contributed by atoms with Gasteiger partial charge in [-0.15, -0.1) is 0 Å². The third-order valence-electron chi connectivity index (χ3n) is 5.90. The lowest BCUT2D eigenvalue weighted by Gasteiger charge is -2.24. The van der Waals surface area contributed by atoms with Crippen LogP contribution < -0.4 is 19.7 Å². The van der Waals surface area contributed by atoms with Crippen molar-refractivity contribution in [3.05, 3.63) is 84.4 Å². The molecule has 2 amide bonds. The molecule has 0 aliphatic carbocycles. The van der Waals surface area contributed by atoms with Crippen LogP contribution in [0, 0.1) is 0 Å². The number of amides is 2. The summed E-state index contributed by atoms with van der Waals surface area (Å²) in [4.78, 5) is 29.8. The van der Waals surface area contributed by atoms with E-state index < -0.39 is 6.04 Å². The highest BCUT2D eigenvalue weighted by Crippen LogP contribution is 2.28. The van der Waals surface area contributed by atoms with Crippen molar-refractivity contribution in [1.82, 2.24) is 4.90 Å². The van der Waals surface area contributed by atoms with Crippen LogP contribution in [0.1, 0.15) is 12.0 Å². The Hall–Kier alpha value is -3.91. The third-order valence-corrected chi connectivity index (χ3v) is 6.32. The van der Waals surface area contributed by atoms with Gasteiger partial charge in [-0.2, -0.15) is 0 Å². The fourth-order valence-corrected chi connectivity index (χ4v) is 4.53. The van der Waals surface area contributed by atoms with E-state index in [0.29, 0.717) is 35.2 Å². The number of methoxy groups -OCH3 is 2. The van der Waals surface area contributed by atoms with Gasteiger partial charge in [0.2, 0.25) is 5.91 Å². The van der Waals surface area contributed by atoms with Crippen LogP contribution in [0.15, 0.2) is 78.9 Å². The summed E-state index contributed by atoms with van der Waals surface area (Å²) in [5.41, 5.74) is 2.32. The summed E-state index contributed by atoms with van der Waals surface area (Å²) in [6, 6.07) is 23.3. The van der Waals surface area contributed by atoms with Crippen LogP contribution >= 0.6 is 12.2 Å². The summed E-state index contributed by atoms with van der Waals surface area (Å²) in [6.07, 6.45) is 0.580. The molecule has 1 heterocycles. The Labute approximate surface area is 210 Å². The number of rotatable bonds is 9. The Kier molecular flexibility index (Phi) is 7.62. The molecule has 1 aliphatic heterocycles. The zero-order valence-electron chi connectivity index (χ0n) is 19.6. The Balaban J connectivity index is 1.54. The minimum absolute atomic E-state index is 0.0275. The maximum atomic E-state index is 13.5. The number of thiocarbonyl (C=S) groups is 1. The van der Waals surface area contributed by atoms with Gasteiger partial charge in [-0.3, -0.25) is 14.5 Å². The predicted molar refractivity (Wildman–Crippen MR) is 140 cm³/mol. The molecule has 3 aromatic rings. The summed E-state index contributed by atoms with van der Waals surface area (Å²) in [6.45, 7) is 0.467. The van der Waals surface area contributed by atoms with E-state index in [1.54, 1.807) is 38.5 Å². The van der Waals surface area contributed by atoms with Crippen molar-refractivity contribution in [2.24, 2.45) is 0 Å². The van der Waals surface area contributed by atoms with E-state index in [9.17, 15) is 9.59 Å². The quantitative estimate of drug-likeness (QED) is 0.453. The number of nitrogens with one attached hydrogen (secondary N) is 1. The largest absolute Gasteiger partial charge is 0.497 e. The van der Waals surface area contributed by atoms with Crippen molar-refractivity contribution in [2.75, 3.05) is 31.0 Å². The van der Waals surface area contributed by atoms with Gasteiger partial charge in [0.1, 0.15) is 17.5 Å². The number of benzene rings is 3. The second-order valence-electron chi connectivity index (χ2n) is 8.04. The fraction of sp³-hybridized carbons (Fsp3) is 0.222. The molecule has 1 saturated heterocycles. The van der Waals surface area contributed by atoms with Crippen LogP contribution in [0.5, 0.6) is 11.5 Å². The predicted octanol–water partition coefficient (Wildman–Crippen LogP) is 4.28. The first-order valence-corrected chi connectivity index (χ1v) is 11.7. The van der Waals surface area contributed by atoms with Crippen LogP contribution in [0.2, 0.25) is 0 Å². The molecule has 180 valence electrons. The summed E-state index contributed by atoms with van der Waals surface area (Å²) < 4.78 is 10.6. The number of para-hydroxylation sites is 2. The summed E-state index contributed by atoms with van der Waals surface area (Å²) in [7, 11) is 3.21. The normalized spacial score (nSPS) is 15.3. The fourth-order valence-electron chi connectivity index (χ4n) is 4.11. The molecular weight excluding hydrogens is 462 g/mol. The molecule has 4 rings (SSSR count). The van der Waals surface area contributed by atoms with Crippen LogP contribution in [0.3, 0.4) is 0 Å². The molecular formula is C27H27N3O4S. The standard InChI is InChI=1S/C27H27N3O4S/c1-33-22-14-12-20(13-15-22)28-25(31)18-23-26(32)30(21-9-4-3-5-10-21)27(35)29(23)17-16-19-8-6-7-11-24(19)34-2/h3-15,23H,16-18H2,1-2H3,(H,28,31). The molecule has 0 bridgehead atoms. The van der Waals surface area contributed by atoms with Gasteiger partial charge in [-0.05, 0) is 66.7 Å². The number of carbonyl (C=O) groups excluding carboxylic acids is 2. The highest BCUT2D eigenvalue weighted by Gasteiger charge is 2.43. The van der Waals surface area contributed by atoms with E-state index in [1.807, 2.05) is 59.5 Å². The highest BCUT2D eigenvalue weighted by molar-refractivity contribution is 7.80. The number of hydrogen-bond acceptors (Lipinski definition) is 5. The molecule has 0 saturated carbocycles. The SMILES string of the molecule is COc1ccc(NC(=O)CC2C(=O)N(c3ccccc3)C(=S)N2CCc2ccccc2OC)cc1. The average molecular weight is 490 g/mol.